The highest BCUT2D eigenvalue weighted by Crippen LogP contribution is 2.61. The van der Waals surface area contributed by atoms with E-state index in [0.29, 0.717) is 49.2 Å². The van der Waals surface area contributed by atoms with Crippen LogP contribution in [0.25, 0.3) is 0 Å². The topological polar surface area (TPSA) is 147 Å². The number of likely N-dealkylation sites (tertiary alicyclic amines) is 1. The Morgan fingerprint density at radius 3 is 2.38 bits per heavy atom. The third-order valence-corrected chi connectivity index (χ3v) is 15.8. The number of aliphatic hydroxyl groups is 2. The van der Waals surface area contributed by atoms with Gasteiger partial charge in [0, 0.05) is 63.1 Å². The van der Waals surface area contributed by atoms with E-state index in [1.165, 1.54) is 6.42 Å². The predicted molar refractivity (Wildman–Crippen MR) is 215 cm³/mol. The number of likely N-dealkylation sites (N-methyl/N-ethyl adjacent to an activating group) is 1. The molecule has 320 valence electrons. The number of hydrogen-bond donors (Lipinski definition) is 4. The van der Waals surface area contributed by atoms with Crippen LogP contribution < -0.4 is 10.6 Å². The first kappa shape index (κ1) is 43.7. The fourth-order valence-electron chi connectivity index (χ4n) is 12.5. The molecule has 7 rings (SSSR count). The molecular weight excluding hydrogens is 713 g/mol. The first-order valence-electron chi connectivity index (χ1n) is 22.0. The van der Waals surface area contributed by atoms with Gasteiger partial charge in [-0.1, -0.05) is 27.2 Å². The van der Waals surface area contributed by atoms with Crippen molar-refractivity contribution in [2.45, 2.75) is 134 Å². The van der Waals surface area contributed by atoms with Crippen molar-refractivity contribution in [3.63, 3.8) is 0 Å². The van der Waals surface area contributed by atoms with Crippen molar-refractivity contribution in [1.82, 2.24) is 30.4 Å². The Morgan fingerprint density at radius 1 is 1.00 bits per heavy atom. The third kappa shape index (κ3) is 8.84. The molecule has 0 aromatic heterocycles. The third-order valence-electron chi connectivity index (χ3n) is 15.8. The lowest BCUT2D eigenvalue weighted by atomic mass is 9.45. The maximum Gasteiger partial charge on any atom is 0.242 e. The van der Waals surface area contributed by atoms with Crippen molar-refractivity contribution in [2.75, 3.05) is 68.1 Å². The normalized spacial score (nSPS) is 40.4. The van der Waals surface area contributed by atoms with Crippen molar-refractivity contribution in [3.8, 4) is 0 Å². The molecule has 2 aliphatic heterocycles. The van der Waals surface area contributed by atoms with Crippen LogP contribution >= 0.6 is 0 Å². The summed E-state index contributed by atoms with van der Waals surface area (Å²) >= 11 is 0. The van der Waals surface area contributed by atoms with E-state index in [9.17, 15) is 24.6 Å². The number of amides is 3. The van der Waals surface area contributed by atoms with E-state index in [1.807, 2.05) is 23.9 Å². The molecule has 0 spiro atoms. The fourth-order valence-corrected chi connectivity index (χ4v) is 12.5. The van der Waals surface area contributed by atoms with Gasteiger partial charge in [-0.15, -0.1) is 0 Å². The lowest BCUT2D eigenvalue weighted by Gasteiger charge is -2.62. The largest absolute Gasteiger partial charge is 0.394 e. The van der Waals surface area contributed by atoms with E-state index in [0.717, 1.165) is 57.9 Å². The Balaban J connectivity index is 1.16. The maximum absolute atomic E-state index is 14.4. The summed E-state index contributed by atoms with van der Waals surface area (Å²) in [5, 5.41) is 29.7. The zero-order valence-corrected chi connectivity index (χ0v) is 36.0. The van der Waals surface area contributed by atoms with Gasteiger partial charge in [-0.05, 0) is 128 Å². The summed E-state index contributed by atoms with van der Waals surface area (Å²) in [6.45, 7) is 10.8. The molecule has 5 aliphatic carbocycles. The number of ether oxygens (including phenoxy) is 1. The van der Waals surface area contributed by atoms with Gasteiger partial charge in [0.1, 0.15) is 18.2 Å². The molecule has 2 bridgehead atoms. The summed E-state index contributed by atoms with van der Waals surface area (Å²) in [5.41, 5.74) is 0.302. The van der Waals surface area contributed by atoms with Gasteiger partial charge in [0.05, 0.1) is 18.8 Å². The average Bonchev–Trinajstić information content (AvgIpc) is 3.80. The standard InChI is InChI=1S/C43H76N6O7/c1-25-33-21-30(43(33,3)4)22-34(25)45-41(53)38-37(26(2)51)36(24-50)56-49(38)23-27-12-10-13-32(39(27)55-9)28-18-29(20-31(19-28)47(7)8)42(54)48-16-11-14-35(48)40(52)44-15-17-46(5)6/h25-39,50-51H,10-24H2,1-9H3,(H,44,52)(H,45,53)/t25-,26-,27?,28?,29?,30+,31?,32?,33-,34-,35-,36-,37-,38-,39?/m0/s1. The Morgan fingerprint density at radius 2 is 1.75 bits per heavy atom. The highest BCUT2D eigenvalue weighted by molar-refractivity contribution is 5.89. The highest BCUT2D eigenvalue weighted by atomic mass is 16.7. The number of methoxy groups -OCH3 is 1. The zero-order valence-electron chi connectivity index (χ0n) is 36.0. The van der Waals surface area contributed by atoms with Crippen LogP contribution in [0.15, 0.2) is 0 Å². The van der Waals surface area contributed by atoms with Crippen LogP contribution in [-0.4, -0.2) is 158 Å². The summed E-state index contributed by atoms with van der Waals surface area (Å²) in [4.78, 5) is 54.6. The summed E-state index contributed by atoms with van der Waals surface area (Å²) < 4.78 is 6.42. The highest BCUT2D eigenvalue weighted by Gasteiger charge is 2.58. The van der Waals surface area contributed by atoms with E-state index in [2.05, 4.69) is 50.4 Å². The summed E-state index contributed by atoms with van der Waals surface area (Å²) in [6.07, 6.45) is 7.53. The van der Waals surface area contributed by atoms with Crippen LogP contribution in [0.4, 0.5) is 0 Å². The van der Waals surface area contributed by atoms with Crippen molar-refractivity contribution in [3.05, 3.63) is 0 Å². The van der Waals surface area contributed by atoms with Crippen LogP contribution in [0.5, 0.6) is 0 Å². The molecule has 7 fully saturated rings. The molecule has 15 atom stereocenters. The van der Waals surface area contributed by atoms with Crippen LogP contribution in [0.2, 0.25) is 0 Å². The van der Waals surface area contributed by atoms with Crippen molar-refractivity contribution < 1.29 is 34.2 Å². The first-order valence-corrected chi connectivity index (χ1v) is 22.0. The van der Waals surface area contributed by atoms with E-state index in [4.69, 9.17) is 9.57 Å². The zero-order chi connectivity index (χ0) is 40.6. The molecule has 3 amide bonds. The van der Waals surface area contributed by atoms with Crippen LogP contribution in [0, 0.1) is 52.8 Å². The van der Waals surface area contributed by atoms with Crippen molar-refractivity contribution >= 4 is 17.7 Å². The number of hydrogen-bond acceptors (Lipinski definition) is 10. The van der Waals surface area contributed by atoms with Gasteiger partial charge in [0.2, 0.25) is 17.7 Å². The average molecular weight is 789 g/mol. The summed E-state index contributed by atoms with van der Waals surface area (Å²) in [5.74, 6) is 1.28. The van der Waals surface area contributed by atoms with E-state index >= 15 is 0 Å². The minimum atomic E-state index is -0.847. The molecule has 7 aliphatic rings. The molecule has 13 nitrogen and oxygen atoms in total. The van der Waals surface area contributed by atoms with Gasteiger partial charge in [0.15, 0.2) is 0 Å². The summed E-state index contributed by atoms with van der Waals surface area (Å²) in [7, 11) is 9.96. The molecule has 13 heteroatoms. The van der Waals surface area contributed by atoms with Gasteiger partial charge in [0.25, 0.3) is 0 Å². The van der Waals surface area contributed by atoms with E-state index < -0.39 is 30.2 Å². The quantitative estimate of drug-likeness (QED) is 0.207. The van der Waals surface area contributed by atoms with Crippen molar-refractivity contribution in [1.29, 1.82) is 0 Å². The molecule has 6 unspecified atom stereocenters. The van der Waals surface area contributed by atoms with Gasteiger partial charge < -0.3 is 40.3 Å². The molecule has 5 saturated carbocycles. The van der Waals surface area contributed by atoms with Crippen molar-refractivity contribution in [2.24, 2.45) is 52.8 Å². The minimum Gasteiger partial charge on any atom is -0.394 e. The van der Waals surface area contributed by atoms with Gasteiger partial charge >= 0.3 is 0 Å². The lowest BCUT2D eigenvalue weighted by molar-refractivity contribution is -0.193. The molecule has 4 N–H and O–H groups in total. The second-order valence-electron chi connectivity index (χ2n) is 19.9. The second-order valence-corrected chi connectivity index (χ2v) is 19.9. The SMILES string of the molecule is COC1C(CN2O[C@@H](CO)[C@H]([C@H](C)O)[C@H]2C(=O)N[C@H]2C[C@H]3C[C@@H]([C@@H]2C)C3(C)C)CCCC1C1CC(C(=O)N2CCC[C@H]2C(=O)NCCN(C)C)CC(N(C)C)C1. The minimum absolute atomic E-state index is 0.0463. The number of aliphatic hydroxyl groups excluding tert-OH is 2. The molecule has 2 saturated heterocycles. The lowest BCUT2D eigenvalue weighted by Crippen LogP contribution is -2.62. The smallest absolute Gasteiger partial charge is 0.242 e. The second kappa shape index (κ2) is 18.2. The first-order chi connectivity index (χ1) is 26.6. The number of nitrogens with one attached hydrogen (secondary N) is 2. The monoisotopic (exact) mass is 789 g/mol. The molecule has 0 radical (unpaired) electrons. The molecule has 56 heavy (non-hydrogen) atoms. The van der Waals surface area contributed by atoms with Gasteiger partial charge in [-0.3, -0.25) is 19.2 Å². The van der Waals surface area contributed by atoms with Crippen LogP contribution in [0.3, 0.4) is 0 Å². The van der Waals surface area contributed by atoms with E-state index in [1.54, 1.807) is 19.1 Å². The summed E-state index contributed by atoms with van der Waals surface area (Å²) in [6, 6.07) is -0.825. The van der Waals surface area contributed by atoms with Gasteiger partial charge in [-0.2, -0.15) is 5.06 Å². The number of hydroxylamine groups is 2. The Bertz CT molecular complexity index is 1360. The number of nitrogens with zero attached hydrogens (tertiary/aromatic N) is 4. The molecule has 0 aromatic rings. The number of carbonyl (C=O) groups is 3. The Kier molecular flexibility index (Phi) is 14.2. The fraction of sp³-hybridized carbons (Fsp3) is 0.930. The molecular formula is C43H76N6O7. The maximum atomic E-state index is 14.4. The molecule has 0 aromatic carbocycles. The van der Waals surface area contributed by atoms with E-state index in [-0.39, 0.29) is 66.2 Å². The predicted octanol–water partition coefficient (Wildman–Crippen LogP) is 2.59. The van der Waals surface area contributed by atoms with Crippen LogP contribution in [-0.2, 0) is 24.0 Å². The molecule has 2 heterocycles. The number of carbonyl (C=O) groups excluding carboxylic acids is 3. The van der Waals surface area contributed by atoms with Crippen LogP contribution in [0.1, 0.15) is 91.9 Å². The number of fused-ring (bicyclic) bond motifs is 2. The number of rotatable bonds is 14. The Labute approximate surface area is 336 Å². The van der Waals surface area contributed by atoms with Gasteiger partial charge in [-0.25, -0.2) is 0 Å². The Hall–Kier alpha value is -1.87.